The van der Waals surface area contributed by atoms with Crippen LogP contribution < -0.4 is 4.90 Å². The van der Waals surface area contributed by atoms with Crippen LogP contribution in [0.5, 0.6) is 0 Å². The average Bonchev–Trinajstić information content (AvgIpc) is 2.80. The molecule has 0 spiro atoms. The lowest BCUT2D eigenvalue weighted by Crippen LogP contribution is -2.53. The lowest BCUT2D eigenvalue weighted by molar-refractivity contribution is -0.120. The van der Waals surface area contributed by atoms with Crippen molar-refractivity contribution < 1.29 is 22.8 Å². The number of piperidine rings is 3. The Hall–Kier alpha value is -2.36. The number of rotatable bonds is 3. The normalized spacial score (nSPS) is 23.8. The highest BCUT2D eigenvalue weighted by atomic mass is 32.2. The third-order valence-corrected chi connectivity index (χ3v) is 8.33. The third-order valence-electron chi connectivity index (χ3n) is 7.22. The maximum absolute atomic E-state index is 15.0. The third kappa shape index (κ3) is 5.26. The summed E-state index contributed by atoms with van der Waals surface area (Å²) in [6.07, 6.45) is 6.80. The number of carbonyl (C=O) groups is 1. The number of guanidine groups is 1. The number of hydrogen-bond donors (Lipinski definition) is 1. The van der Waals surface area contributed by atoms with Crippen molar-refractivity contribution in [3.05, 3.63) is 24.0 Å². The van der Waals surface area contributed by atoms with Gasteiger partial charge in [0.1, 0.15) is 11.6 Å². The number of Topliss-reactive ketones (excluding diaryl/α,β-unsaturated/α-hetero) is 1. The molecule has 0 aromatic heterocycles. The number of halogens is 1. The standard InChI is InChI=1S/C23H33FN4O4S/c1-33(31,32)19-5-6-21(20(24)16-19)28-14-9-18(29)15-22(28)17-7-12-27(13-8-17)23(25-30)26-10-3-2-4-11-26/h5-6,16-17,22,30H,2-4,7-15H2,1H3. The largest absolute Gasteiger partial charge is 0.408 e. The Balaban J connectivity index is 1.48. The molecule has 3 aliphatic rings. The van der Waals surface area contributed by atoms with Crippen molar-refractivity contribution in [1.29, 1.82) is 0 Å². The Morgan fingerprint density at radius 2 is 1.73 bits per heavy atom. The Morgan fingerprint density at radius 3 is 2.33 bits per heavy atom. The van der Waals surface area contributed by atoms with Crippen molar-refractivity contribution in [3.63, 3.8) is 0 Å². The molecule has 4 rings (SSSR count). The Morgan fingerprint density at radius 1 is 1.06 bits per heavy atom. The number of anilines is 1. The number of benzene rings is 1. The van der Waals surface area contributed by atoms with Crippen LogP contribution in [0.2, 0.25) is 0 Å². The van der Waals surface area contributed by atoms with Gasteiger partial charge in [-0.1, -0.05) is 5.16 Å². The molecule has 10 heteroatoms. The number of nitrogens with zero attached hydrogens (tertiary/aromatic N) is 4. The first-order chi connectivity index (χ1) is 15.8. The topological polar surface area (TPSA) is 93.5 Å². The van der Waals surface area contributed by atoms with Gasteiger partial charge in [-0.15, -0.1) is 0 Å². The van der Waals surface area contributed by atoms with Crippen LogP contribution in [0, 0.1) is 11.7 Å². The fraction of sp³-hybridized carbons (Fsp3) is 0.652. The van der Waals surface area contributed by atoms with Gasteiger partial charge < -0.3 is 19.9 Å². The molecule has 0 aliphatic carbocycles. The molecule has 33 heavy (non-hydrogen) atoms. The van der Waals surface area contributed by atoms with Crippen molar-refractivity contribution in [2.75, 3.05) is 43.9 Å². The molecule has 182 valence electrons. The summed E-state index contributed by atoms with van der Waals surface area (Å²) in [5.74, 6) is 0.431. The van der Waals surface area contributed by atoms with Gasteiger partial charge in [0.05, 0.1) is 10.6 Å². The summed E-state index contributed by atoms with van der Waals surface area (Å²) < 4.78 is 38.6. The van der Waals surface area contributed by atoms with Gasteiger partial charge in [0.25, 0.3) is 0 Å². The van der Waals surface area contributed by atoms with Crippen LogP contribution in [0.3, 0.4) is 0 Å². The van der Waals surface area contributed by atoms with E-state index in [-0.39, 0.29) is 22.6 Å². The molecule has 3 heterocycles. The lowest BCUT2D eigenvalue weighted by atomic mass is 9.83. The molecule has 3 aliphatic heterocycles. The van der Waals surface area contributed by atoms with E-state index >= 15 is 0 Å². The van der Waals surface area contributed by atoms with Crippen LogP contribution in [0.25, 0.3) is 0 Å². The Bertz CT molecular complexity index is 1000. The minimum atomic E-state index is -3.50. The van der Waals surface area contributed by atoms with Gasteiger partial charge in [0.2, 0.25) is 5.96 Å². The van der Waals surface area contributed by atoms with E-state index in [1.54, 1.807) is 0 Å². The van der Waals surface area contributed by atoms with Crippen molar-refractivity contribution in [2.24, 2.45) is 11.1 Å². The highest BCUT2D eigenvalue weighted by Crippen LogP contribution is 2.35. The predicted molar refractivity (Wildman–Crippen MR) is 124 cm³/mol. The zero-order valence-corrected chi connectivity index (χ0v) is 19.9. The number of sulfone groups is 1. The highest BCUT2D eigenvalue weighted by molar-refractivity contribution is 7.90. The monoisotopic (exact) mass is 480 g/mol. The summed E-state index contributed by atoms with van der Waals surface area (Å²) in [6.45, 7) is 3.65. The van der Waals surface area contributed by atoms with Gasteiger partial charge >= 0.3 is 0 Å². The summed E-state index contributed by atoms with van der Waals surface area (Å²) >= 11 is 0. The number of ketones is 1. The molecule has 1 atom stereocenters. The van der Waals surface area contributed by atoms with Gasteiger partial charge in [-0.2, -0.15) is 0 Å². The smallest absolute Gasteiger partial charge is 0.238 e. The molecule has 1 aromatic carbocycles. The number of likely N-dealkylation sites (tertiary alicyclic amines) is 2. The van der Waals surface area contributed by atoms with Gasteiger partial charge in [0.15, 0.2) is 9.84 Å². The highest BCUT2D eigenvalue weighted by Gasteiger charge is 2.37. The van der Waals surface area contributed by atoms with Crippen molar-refractivity contribution in [3.8, 4) is 0 Å². The van der Waals surface area contributed by atoms with Crippen LogP contribution in [0.4, 0.5) is 10.1 Å². The maximum Gasteiger partial charge on any atom is 0.238 e. The van der Waals surface area contributed by atoms with Crippen LogP contribution in [0.15, 0.2) is 28.3 Å². The fourth-order valence-electron chi connectivity index (χ4n) is 5.43. The molecule has 0 saturated carbocycles. The zero-order valence-electron chi connectivity index (χ0n) is 19.1. The summed E-state index contributed by atoms with van der Waals surface area (Å²) in [5, 5.41) is 13.2. The second-order valence-electron chi connectivity index (χ2n) is 9.41. The van der Waals surface area contributed by atoms with Crippen LogP contribution in [-0.4, -0.2) is 80.2 Å². The molecular formula is C23H33FN4O4S. The van der Waals surface area contributed by atoms with E-state index in [0.29, 0.717) is 44.1 Å². The van der Waals surface area contributed by atoms with E-state index < -0.39 is 15.7 Å². The van der Waals surface area contributed by atoms with Crippen molar-refractivity contribution >= 4 is 27.3 Å². The second-order valence-corrected chi connectivity index (χ2v) is 11.4. The van der Waals surface area contributed by atoms with Gasteiger partial charge in [0, 0.05) is 57.9 Å². The van der Waals surface area contributed by atoms with E-state index in [4.69, 9.17) is 0 Å². The Labute approximate surface area is 194 Å². The molecule has 1 aromatic rings. The number of oxime groups is 1. The molecule has 3 fully saturated rings. The molecule has 1 unspecified atom stereocenters. The van der Waals surface area contributed by atoms with Crippen molar-refractivity contribution in [2.45, 2.75) is 55.9 Å². The summed E-state index contributed by atoms with van der Waals surface area (Å²) in [6, 6.07) is 3.91. The van der Waals surface area contributed by atoms with Crippen LogP contribution in [0.1, 0.15) is 44.9 Å². The number of hydrogen-bond acceptors (Lipinski definition) is 6. The molecular weight excluding hydrogens is 447 g/mol. The van der Waals surface area contributed by atoms with Gasteiger partial charge in [-0.05, 0) is 56.2 Å². The minimum Gasteiger partial charge on any atom is -0.408 e. The van der Waals surface area contributed by atoms with E-state index in [1.807, 2.05) is 4.90 Å². The van der Waals surface area contributed by atoms with Crippen LogP contribution in [-0.2, 0) is 14.6 Å². The molecule has 0 radical (unpaired) electrons. The van der Waals surface area contributed by atoms with Gasteiger partial charge in [-0.3, -0.25) is 4.79 Å². The SMILES string of the molecule is CS(=O)(=O)c1ccc(N2CCC(=O)CC2C2CCN(C(=NO)N3CCCCC3)CC2)c(F)c1. The molecule has 8 nitrogen and oxygen atoms in total. The van der Waals surface area contributed by atoms with E-state index in [0.717, 1.165) is 51.1 Å². The molecule has 3 saturated heterocycles. The zero-order chi connectivity index (χ0) is 23.6. The quantitative estimate of drug-likeness (QED) is 0.308. The predicted octanol–water partition coefficient (Wildman–Crippen LogP) is 2.71. The summed E-state index contributed by atoms with van der Waals surface area (Å²) in [4.78, 5) is 18.5. The second kappa shape index (κ2) is 9.87. The van der Waals surface area contributed by atoms with Crippen molar-refractivity contribution in [1.82, 2.24) is 9.80 Å². The molecule has 0 bridgehead atoms. The van der Waals surface area contributed by atoms with E-state index in [1.165, 1.54) is 18.6 Å². The Kier molecular flexibility index (Phi) is 7.11. The minimum absolute atomic E-state index is 0.0461. The van der Waals surface area contributed by atoms with E-state index in [9.17, 15) is 22.8 Å². The summed E-state index contributed by atoms with van der Waals surface area (Å²) in [5.41, 5.74) is 0.355. The van der Waals surface area contributed by atoms with Gasteiger partial charge in [-0.25, -0.2) is 12.8 Å². The van der Waals surface area contributed by atoms with Crippen LogP contribution >= 0.6 is 0 Å². The maximum atomic E-state index is 15.0. The first-order valence-corrected chi connectivity index (χ1v) is 13.7. The molecule has 0 amide bonds. The van der Waals surface area contributed by atoms with E-state index in [2.05, 4.69) is 15.0 Å². The number of carbonyl (C=O) groups excluding carboxylic acids is 1. The molecule has 1 N–H and O–H groups in total. The first-order valence-electron chi connectivity index (χ1n) is 11.8. The first kappa shape index (κ1) is 23.8. The summed E-state index contributed by atoms with van der Waals surface area (Å²) in [7, 11) is -3.50. The average molecular weight is 481 g/mol. The fourth-order valence-corrected chi connectivity index (χ4v) is 6.07. The lowest BCUT2D eigenvalue weighted by Gasteiger charge is -2.45.